The molecule has 154 valence electrons. The molecule has 11 heteroatoms. The van der Waals surface area contributed by atoms with Crippen molar-refractivity contribution in [2.75, 3.05) is 6.61 Å². The van der Waals surface area contributed by atoms with E-state index in [4.69, 9.17) is 11.6 Å². The van der Waals surface area contributed by atoms with E-state index >= 15 is 0 Å². The van der Waals surface area contributed by atoms with Crippen molar-refractivity contribution in [2.45, 2.75) is 19.3 Å². The Morgan fingerprint density at radius 2 is 1.72 bits per heavy atom. The summed E-state index contributed by atoms with van der Waals surface area (Å²) in [7, 11) is 0. The molecule has 0 bridgehead atoms. The molecule has 0 aliphatic heterocycles. The molecule has 0 spiro atoms. The highest BCUT2D eigenvalue weighted by molar-refractivity contribution is 6.31. The van der Waals surface area contributed by atoms with Gasteiger partial charge in [0.25, 0.3) is 5.56 Å². The molecular weight excluding hydrogens is 426 g/mol. The number of halogens is 7. The van der Waals surface area contributed by atoms with Gasteiger partial charge in [-0.25, -0.2) is 4.98 Å². The second kappa shape index (κ2) is 7.25. The average Bonchev–Trinajstić information content (AvgIpc) is 2.61. The van der Waals surface area contributed by atoms with E-state index in [0.29, 0.717) is 5.56 Å². The Kier molecular flexibility index (Phi) is 5.24. The highest BCUT2D eigenvalue weighted by atomic mass is 35.5. The number of hydrogen-bond donors (Lipinski definition) is 0. The molecule has 2 aromatic heterocycles. The molecule has 0 atom stereocenters. The number of ether oxygens (including phenoxy) is 1. The molecule has 0 saturated heterocycles. The van der Waals surface area contributed by atoms with E-state index < -0.39 is 35.8 Å². The molecule has 0 N–H and O–H groups in total. The normalized spacial score (nSPS) is 12.4. The first-order chi connectivity index (χ1) is 13.4. The largest absolute Gasteiger partial charge is 0.484 e. The van der Waals surface area contributed by atoms with E-state index in [1.54, 1.807) is 6.92 Å². The van der Waals surface area contributed by atoms with Crippen molar-refractivity contribution in [1.29, 1.82) is 0 Å². The van der Waals surface area contributed by atoms with Crippen LogP contribution in [0, 0.1) is 6.92 Å². The van der Waals surface area contributed by atoms with Crippen LogP contribution < -0.4 is 10.3 Å². The van der Waals surface area contributed by atoms with E-state index in [1.807, 2.05) is 0 Å². The fraction of sp³-hybridized carbons (Fsp3) is 0.222. The summed E-state index contributed by atoms with van der Waals surface area (Å²) in [4.78, 5) is 16.4. The summed E-state index contributed by atoms with van der Waals surface area (Å²) in [5.41, 5.74) is -3.16. The molecule has 2 heterocycles. The maximum atomic E-state index is 13.6. The first-order valence-corrected chi connectivity index (χ1v) is 8.34. The standard InChI is InChI=1S/C18H11ClF6N2O2/c1-9-6-13-26-15(18(23,24)25)14(16(28)27(13)7-12(9)19)10-2-4-11(5-3-10)29-8-17(20,21)22/h2-7H,8H2,1H3. The third-order valence-electron chi connectivity index (χ3n) is 3.92. The summed E-state index contributed by atoms with van der Waals surface area (Å²) in [6, 6.07) is 5.44. The lowest BCUT2D eigenvalue weighted by Crippen LogP contribution is -2.24. The van der Waals surface area contributed by atoms with E-state index in [1.165, 1.54) is 6.07 Å². The minimum absolute atomic E-state index is 0.156. The van der Waals surface area contributed by atoms with Crippen LogP contribution in [-0.2, 0) is 6.18 Å². The van der Waals surface area contributed by atoms with Crippen molar-refractivity contribution in [2.24, 2.45) is 0 Å². The van der Waals surface area contributed by atoms with Gasteiger partial charge < -0.3 is 4.74 Å². The van der Waals surface area contributed by atoms with Gasteiger partial charge in [-0.1, -0.05) is 23.7 Å². The lowest BCUT2D eigenvalue weighted by Gasteiger charge is -2.15. The van der Waals surface area contributed by atoms with Crippen LogP contribution in [0.15, 0.2) is 41.3 Å². The van der Waals surface area contributed by atoms with Gasteiger partial charge >= 0.3 is 12.4 Å². The lowest BCUT2D eigenvalue weighted by molar-refractivity contribution is -0.153. The molecule has 4 nitrogen and oxygen atoms in total. The molecule has 3 aromatic rings. The summed E-state index contributed by atoms with van der Waals surface area (Å²) in [5, 5.41) is 0.156. The minimum Gasteiger partial charge on any atom is -0.484 e. The summed E-state index contributed by atoms with van der Waals surface area (Å²) in [6.07, 6.45) is -8.35. The summed E-state index contributed by atoms with van der Waals surface area (Å²) < 4.78 is 82.8. The Hall–Kier alpha value is -2.75. The number of rotatable bonds is 3. The Bertz CT molecular complexity index is 1120. The maximum absolute atomic E-state index is 13.6. The van der Waals surface area contributed by atoms with Crippen LogP contribution in [0.3, 0.4) is 0 Å². The number of aromatic nitrogens is 2. The van der Waals surface area contributed by atoms with Gasteiger partial charge in [-0.15, -0.1) is 0 Å². The molecule has 0 amide bonds. The molecule has 0 aliphatic rings. The van der Waals surface area contributed by atoms with Gasteiger partial charge in [-0.3, -0.25) is 9.20 Å². The number of hydrogen-bond acceptors (Lipinski definition) is 3. The molecule has 29 heavy (non-hydrogen) atoms. The van der Waals surface area contributed by atoms with E-state index in [0.717, 1.165) is 34.9 Å². The Morgan fingerprint density at radius 1 is 1.10 bits per heavy atom. The highest BCUT2D eigenvalue weighted by Gasteiger charge is 2.38. The molecule has 0 radical (unpaired) electrons. The first kappa shape index (κ1) is 21.0. The highest BCUT2D eigenvalue weighted by Crippen LogP contribution is 2.35. The molecular formula is C18H11ClF6N2O2. The predicted octanol–water partition coefficient (Wildman–Crippen LogP) is 5.28. The molecule has 0 fully saturated rings. The zero-order valence-electron chi connectivity index (χ0n) is 14.5. The number of fused-ring (bicyclic) bond motifs is 1. The third-order valence-corrected chi connectivity index (χ3v) is 4.32. The lowest BCUT2D eigenvalue weighted by atomic mass is 10.0. The van der Waals surface area contributed by atoms with E-state index in [-0.39, 0.29) is 22.0 Å². The van der Waals surface area contributed by atoms with Gasteiger partial charge in [0, 0.05) is 6.20 Å². The zero-order valence-corrected chi connectivity index (χ0v) is 15.3. The maximum Gasteiger partial charge on any atom is 0.434 e. The van der Waals surface area contributed by atoms with Crippen LogP contribution in [0.2, 0.25) is 5.02 Å². The van der Waals surface area contributed by atoms with Gasteiger partial charge in [0.2, 0.25) is 0 Å². The molecule has 0 unspecified atom stereocenters. The average molecular weight is 437 g/mol. The van der Waals surface area contributed by atoms with Crippen molar-refractivity contribution in [3.63, 3.8) is 0 Å². The second-order valence-corrected chi connectivity index (χ2v) is 6.51. The summed E-state index contributed by atoms with van der Waals surface area (Å²) in [5.74, 6) is -0.216. The summed E-state index contributed by atoms with van der Waals surface area (Å²) in [6.45, 7) is -0.00643. The van der Waals surface area contributed by atoms with Crippen LogP contribution in [0.25, 0.3) is 16.8 Å². The van der Waals surface area contributed by atoms with Gasteiger partial charge in [0.1, 0.15) is 11.4 Å². The van der Waals surface area contributed by atoms with Gasteiger partial charge in [-0.2, -0.15) is 26.3 Å². The Morgan fingerprint density at radius 3 is 2.28 bits per heavy atom. The molecule has 0 aliphatic carbocycles. The number of benzene rings is 1. The fourth-order valence-corrected chi connectivity index (χ4v) is 2.75. The van der Waals surface area contributed by atoms with Crippen LogP contribution in [0.5, 0.6) is 5.75 Å². The first-order valence-electron chi connectivity index (χ1n) is 7.96. The molecule has 1 aromatic carbocycles. The number of pyridine rings is 1. The van der Waals surface area contributed by atoms with E-state index in [9.17, 15) is 31.1 Å². The fourth-order valence-electron chi connectivity index (χ4n) is 2.60. The molecule has 3 rings (SSSR count). The predicted molar refractivity (Wildman–Crippen MR) is 93.2 cm³/mol. The number of aryl methyl sites for hydroxylation is 1. The van der Waals surface area contributed by atoms with Crippen molar-refractivity contribution < 1.29 is 31.1 Å². The zero-order chi connectivity index (χ0) is 21.6. The molecule has 0 saturated carbocycles. The third kappa shape index (κ3) is 4.47. The van der Waals surface area contributed by atoms with Crippen molar-refractivity contribution >= 4 is 17.2 Å². The van der Waals surface area contributed by atoms with Gasteiger partial charge in [0.15, 0.2) is 12.3 Å². The Labute approximate surface area is 164 Å². The second-order valence-electron chi connectivity index (χ2n) is 6.10. The summed E-state index contributed by atoms with van der Waals surface area (Å²) >= 11 is 5.96. The number of nitrogens with zero attached hydrogens (tertiary/aromatic N) is 2. The van der Waals surface area contributed by atoms with Crippen LogP contribution in [-0.4, -0.2) is 22.2 Å². The van der Waals surface area contributed by atoms with Crippen molar-refractivity contribution in [3.8, 4) is 16.9 Å². The van der Waals surface area contributed by atoms with Gasteiger partial charge in [-0.05, 0) is 36.2 Å². The van der Waals surface area contributed by atoms with Crippen LogP contribution in [0.4, 0.5) is 26.3 Å². The smallest absolute Gasteiger partial charge is 0.434 e. The van der Waals surface area contributed by atoms with Gasteiger partial charge in [0.05, 0.1) is 10.6 Å². The van der Waals surface area contributed by atoms with Crippen LogP contribution in [0.1, 0.15) is 11.3 Å². The number of alkyl halides is 6. The topological polar surface area (TPSA) is 43.6 Å². The van der Waals surface area contributed by atoms with Crippen molar-refractivity contribution in [3.05, 3.63) is 63.2 Å². The quantitative estimate of drug-likeness (QED) is 0.524. The van der Waals surface area contributed by atoms with Crippen LogP contribution >= 0.6 is 11.6 Å². The van der Waals surface area contributed by atoms with E-state index in [2.05, 4.69) is 9.72 Å². The van der Waals surface area contributed by atoms with Crippen molar-refractivity contribution in [1.82, 2.24) is 9.38 Å². The SMILES string of the molecule is Cc1cc2nc(C(F)(F)F)c(-c3ccc(OCC(F)(F)F)cc3)c(=O)n2cc1Cl. The minimum atomic E-state index is -4.94. The Balaban J connectivity index is 2.16. The monoisotopic (exact) mass is 436 g/mol.